The van der Waals surface area contributed by atoms with Crippen LogP contribution in [0.5, 0.6) is 0 Å². The molecule has 1 aromatic carbocycles. The average Bonchev–Trinajstić information content (AvgIpc) is 2.43. The number of hydrogen-bond acceptors (Lipinski definition) is 4. The summed E-state index contributed by atoms with van der Waals surface area (Å²) in [5, 5.41) is 2.37. The molecule has 0 unspecified atom stereocenters. The number of likely N-dealkylation sites (N-methyl/N-ethyl adjacent to an activating group) is 2. The van der Waals surface area contributed by atoms with Gasteiger partial charge < -0.3 is 11.1 Å². The second kappa shape index (κ2) is 6.68. The van der Waals surface area contributed by atoms with E-state index >= 15 is 0 Å². The van der Waals surface area contributed by atoms with Crippen molar-refractivity contribution in [2.45, 2.75) is 18.7 Å². The second-order valence-electron chi connectivity index (χ2n) is 4.45. The van der Waals surface area contributed by atoms with Crippen LogP contribution in [0.25, 0.3) is 0 Å². The van der Waals surface area contributed by atoms with Crippen molar-refractivity contribution in [3.63, 3.8) is 0 Å². The fourth-order valence-electron chi connectivity index (χ4n) is 1.78. The first-order valence-corrected chi connectivity index (χ1v) is 7.79. The molecule has 7 nitrogen and oxygen atoms in total. The van der Waals surface area contributed by atoms with E-state index in [1.165, 1.54) is 25.2 Å². The van der Waals surface area contributed by atoms with Crippen LogP contribution in [-0.2, 0) is 14.8 Å². The normalized spacial score (nSPS) is 11.4. The zero-order valence-electron chi connectivity index (χ0n) is 12.2. The molecule has 2 amide bonds. The summed E-state index contributed by atoms with van der Waals surface area (Å²) >= 11 is 0. The van der Waals surface area contributed by atoms with Gasteiger partial charge in [0.2, 0.25) is 21.8 Å². The molecule has 0 heterocycles. The molecule has 0 bridgehead atoms. The molecule has 0 radical (unpaired) electrons. The molecule has 21 heavy (non-hydrogen) atoms. The third kappa shape index (κ3) is 3.79. The lowest BCUT2D eigenvalue weighted by Gasteiger charge is -2.20. The van der Waals surface area contributed by atoms with Gasteiger partial charge in [-0.2, -0.15) is 4.31 Å². The Kier molecular flexibility index (Phi) is 5.45. The lowest BCUT2D eigenvalue weighted by Crippen LogP contribution is -2.39. The van der Waals surface area contributed by atoms with Crippen molar-refractivity contribution in [2.75, 3.05) is 20.1 Å². The molecule has 1 rings (SSSR count). The Hall–Kier alpha value is -1.93. The largest absolute Gasteiger partial charge is 0.366 e. The minimum Gasteiger partial charge on any atom is -0.366 e. The van der Waals surface area contributed by atoms with Crippen molar-refractivity contribution < 1.29 is 18.0 Å². The quantitative estimate of drug-likeness (QED) is 0.761. The zero-order chi connectivity index (χ0) is 16.2. The Labute approximate surface area is 124 Å². The van der Waals surface area contributed by atoms with Gasteiger partial charge in [-0.15, -0.1) is 0 Å². The molecule has 0 aromatic heterocycles. The maximum absolute atomic E-state index is 12.5. The molecule has 0 saturated heterocycles. The Morgan fingerprint density at radius 3 is 2.43 bits per heavy atom. The predicted molar refractivity (Wildman–Crippen MR) is 78.2 cm³/mol. The minimum atomic E-state index is -3.86. The summed E-state index contributed by atoms with van der Waals surface area (Å²) in [5.74, 6) is -1.11. The number of nitrogens with zero attached hydrogens (tertiary/aromatic N) is 1. The molecule has 1 aromatic rings. The smallest absolute Gasteiger partial charge is 0.249 e. The molecule has 0 saturated carbocycles. The zero-order valence-corrected chi connectivity index (χ0v) is 13.0. The number of benzene rings is 1. The van der Waals surface area contributed by atoms with Gasteiger partial charge in [0.15, 0.2) is 0 Å². The highest BCUT2D eigenvalue weighted by Crippen LogP contribution is 2.19. The summed E-state index contributed by atoms with van der Waals surface area (Å²) in [6, 6.07) is 4.14. The van der Waals surface area contributed by atoms with E-state index in [0.29, 0.717) is 5.56 Å². The van der Waals surface area contributed by atoms with E-state index in [-0.39, 0.29) is 23.5 Å². The molecule has 0 atom stereocenters. The number of carbonyl (C=O) groups is 2. The highest BCUT2D eigenvalue weighted by Gasteiger charge is 2.26. The third-order valence-corrected chi connectivity index (χ3v) is 4.98. The van der Waals surface area contributed by atoms with Crippen LogP contribution in [0.2, 0.25) is 0 Å². The Balaban J connectivity index is 3.26. The van der Waals surface area contributed by atoms with Crippen molar-refractivity contribution in [2.24, 2.45) is 5.73 Å². The van der Waals surface area contributed by atoms with Gasteiger partial charge in [-0.25, -0.2) is 8.42 Å². The average molecular weight is 313 g/mol. The molecule has 0 fully saturated rings. The van der Waals surface area contributed by atoms with Crippen molar-refractivity contribution in [3.8, 4) is 0 Å². The molecule has 3 N–H and O–H groups in total. The first-order valence-electron chi connectivity index (χ1n) is 6.35. The van der Waals surface area contributed by atoms with Crippen LogP contribution in [0.1, 0.15) is 22.8 Å². The molecular weight excluding hydrogens is 294 g/mol. The number of hydrogen-bond donors (Lipinski definition) is 2. The maximum atomic E-state index is 12.5. The molecule has 0 aliphatic heterocycles. The number of rotatable bonds is 6. The summed E-state index contributed by atoms with van der Waals surface area (Å²) in [4.78, 5) is 22.6. The number of aryl methyl sites for hydroxylation is 1. The van der Waals surface area contributed by atoms with E-state index < -0.39 is 21.8 Å². The first-order chi connectivity index (χ1) is 9.73. The van der Waals surface area contributed by atoms with Gasteiger partial charge in [0, 0.05) is 19.2 Å². The number of nitrogens with one attached hydrogen (secondary N) is 1. The summed E-state index contributed by atoms with van der Waals surface area (Å²) in [6.45, 7) is 3.15. The van der Waals surface area contributed by atoms with Crippen molar-refractivity contribution in [1.82, 2.24) is 9.62 Å². The van der Waals surface area contributed by atoms with Gasteiger partial charge in [0.25, 0.3) is 0 Å². The number of primary amides is 1. The minimum absolute atomic E-state index is 0.0624. The van der Waals surface area contributed by atoms with Crippen molar-refractivity contribution >= 4 is 21.8 Å². The highest BCUT2D eigenvalue weighted by atomic mass is 32.2. The molecular formula is C13H19N3O4S. The van der Waals surface area contributed by atoms with E-state index in [2.05, 4.69) is 5.32 Å². The number of nitrogens with two attached hydrogens (primary N) is 1. The van der Waals surface area contributed by atoms with Crippen LogP contribution < -0.4 is 11.1 Å². The van der Waals surface area contributed by atoms with Crippen LogP contribution in [0.4, 0.5) is 0 Å². The topological polar surface area (TPSA) is 110 Å². The summed E-state index contributed by atoms with van der Waals surface area (Å²) in [6.07, 6.45) is 0. The predicted octanol–water partition coefficient (Wildman–Crippen LogP) is -0.149. The summed E-state index contributed by atoms with van der Waals surface area (Å²) < 4.78 is 26.0. The van der Waals surface area contributed by atoms with Gasteiger partial charge in [0.05, 0.1) is 11.4 Å². The monoisotopic (exact) mass is 313 g/mol. The summed E-state index contributed by atoms with van der Waals surface area (Å²) in [7, 11) is -2.43. The molecule has 0 aliphatic rings. The fraction of sp³-hybridized carbons (Fsp3) is 0.385. The van der Waals surface area contributed by atoms with Gasteiger partial charge in [-0.1, -0.05) is 13.0 Å². The van der Waals surface area contributed by atoms with Crippen molar-refractivity contribution in [3.05, 3.63) is 29.3 Å². The number of carbonyl (C=O) groups excluding carboxylic acids is 2. The summed E-state index contributed by atoms with van der Waals surface area (Å²) in [5.41, 5.74) is 5.96. The SMILES string of the molecule is CCN(CC(=O)NC)S(=O)(=O)c1ccc(C)c(C(N)=O)c1. The maximum Gasteiger partial charge on any atom is 0.249 e. The lowest BCUT2D eigenvalue weighted by molar-refractivity contribution is -0.120. The molecule has 0 spiro atoms. The van der Waals surface area contributed by atoms with Crippen LogP contribution in [-0.4, -0.2) is 44.7 Å². The van der Waals surface area contributed by atoms with Crippen molar-refractivity contribution in [1.29, 1.82) is 0 Å². The van der Waals surface area contributed by atoms with Gasteiger partial charge in [-0.05, 0) is 24.6 Å². The van der Waals surface area contributed by atoms with E-state index in [0.717, 1.165) is 4.31 Å². The lowest BCUT2D eigenvalue weighted by atomic mass is 10.1. The van der Waals surface area contributed by atoms with Gasteiger partial charge >= 0.3 is 0 Å². The van der Waals surface area contributed by atoms with E-state index in [4.69, 9.17) is 5.73 Å². The van der Waals surface area contributed by atoms with Gasteiger partial charge in [0.1, 0.15) is 0 Å². The Morgan fingerprint density at radius 2 is 1.95 bits per heavy atom. The standard InChI is InChI=1S/C13H19N3O4S/c1-4-16(8-12(17)15-3)21(19,20)10-6-5-9(2)11(7-10)13(14)18/h5-7H,4,8H2,1-3H3,(H2,14,18)(H,15,17). The van der Waals surface area contributed by atoms with Crippen LogP contribution in [0.15, 0.2) is 23.1 Å². The molecule has 116 valence electrons. The third-order valence-electron chi connectivity index (χ3n) is 3.06. The van der Waals surface area contributed by atoms with Crippen LogP contribution in [0.3, 0.4) is 0 Å². The second-order valence-corrected chi connectivity index (χ2v) is 6.38. The Bertz CT molecular complexity index is 655. The van der Waals surface area contributed by atoms with Crippen LogP contribution in [0, 0.1) is 6.92 Å². The number of amides is 2. The van der Waals surface area contributed by atoms with Crippen LogP contribution >= 0.6 is 0 Å². The highest BCUT2D eigenvalue weighted by molar-refractivity contribution is 7.89. The van der Waals surface area contributed by atoms with Gasteiger partial charge in [-0.3, -0.25) is 9.59 Å². The van der Waals surface area contributed by atoms with E-state index in [1.54, 1.807) is 13.8 Å². The first kappa shape index (κ1) is 17.1. The number of sulfonamides is 1. The Morgan fingerprint density at radius 1 is 1.33 bits per heavy atom. The van der Waals surface area contributed by atoms with E-state index in [1.807, 2.05) is 0 Å². The van der Waals surface area contributed by atoms with E-state index in [9.17, 15) is 18.0 Å². The molecule has 0 aliphatic carbocycles. The fourth-order valence-corrected chi connectivity index (χ4v) is 3.21. The molecule has 8 heteroatoms.